The Morgan fingerprint density at radius 2 is 2.11 bits per heavy atom. The van der Waals surface area contributed by atoms with E-state index in [-0.39, 0.29) is 22.1 Å². The van der Waals surface area contributed by atoms with Gasteiger partial charge in [0, 0.05) is 6.07 Å². The Morgan fingerprint density at radius 3 is 2.78 bits per heavy atom. The molecule has 0 aliphatic rings. The quantitative estimate of drug-likeness (QED) is 0.633. The molecule has 0 spiro atoms. The summed E-state index contributed by atoms with van der Waals surface area (Å²) in [6.07, 6.45) is 0. The van der Waals surface area contributed by atoms with Gasteiger partial charge < -0.3 is 14.9 Å². The normalized spacial score (nSPS) is 10.0. The first-order chi connectivity index (χ1) is 8.58. The molecule has 0 radical (unpaired) electrons. The molecule has 0 saturated carbocycles. The number of carboxylic acid groups (broad SMARTS) is 1. The summed E-state index contributed by atoms with van der Waals surface area (Å²) < 4.78 is 8.26. The van der Waals surface area contributed by atoms with Crippen molar-refractivity contribution in [2.75, 3.05) is 0 Å². The van der Waals surface area contributed by atoms with Gasteiger partial charge in [-0.2, -0.15) is 0 Å². The zero-order valence-electron chi connectivity index (χ0n) is 8.73. The molecule has 0 aliphatic heterocycles. The fourth-order valence-corrected chi connectivity index (χ4v) is 1.66. The second kappa shape index (κ2) is 4.80. The lowest BCUT2D eigenvalue weighted by Gasteiger charge is -2.02. The molecule has 0 fully saturated rings. The predicted octanol–water partition coefficient (Wildman–Crippen LogP) is 1.16. The van der Waals surface area contributed by atoms with Gasteiger partial charge in [0.05, 0.1) is 0 Å². The van der Waals surface area contributed by atoms with Gasteiger partial charge in [0.15, 0.2) is 10.6 Å². The third-order valence-corrected chi connectivity index (χ3v) is 2.62. The summed E-state index contributed by atoms with van der Waals surface area (Å²) in [5, 5.41) is 21.4. The highest BCUT2D eigenvalue weighted by atomic mass is 32.1. The van der Waals surface area contributed by atoms with Crippen LogP contribution in [0.4, 0.5) is 0 Å². The first-order valence-electron chi connectivity index (χ1n) is 4.65. The molecular formula is C10H6N2O5S. The van der Waals surface area contributed by atoms with Gasteiger partial charge in [-0.15, -0.1) is 5.10 Å². The minimum absolute atomic E-state index is 0.0739. The van der Waals surface area contributed by atoms with Gasteiger partial charge in [-0.05, 0) is 23.7 Å². The molecule has 0 aliphatic carbocycles. The Balaban J connectivity index is 2.22. The number of carbonyl (C=O) groups is 2. The summed E-state index contributed by atoms with van der Waals surface area (Å²) in [6.45, 7) is 0. The molecule has 7 nitrogen and oxygen atoms in total. The van der Waals surface area contributed by atoms with Crippen molar-refractivity contribution in [3.63, 3.8) is 0 Å². The second-order valence-electron chi connectivity index (χ2n) is 3.14. The summed E-state index contributed by atoms with van der Waals surface area (Å²) in [5.41, 5.74) is -0.365. The Bertz CT molecular complexity index is 610. The number of carbonyl (C=O) groups excluding carboxylic acids is 1. The van der Waals surface area contributed by atoms with Crippen molar-refractivity contribution >= 4 is 23.5 Å². The van der Waals surface area contributed by atoms with E-state index in [1.165, 1.54) is 24.3 Å². The van der Waals surface area contributed by atoms with Gasteiger partial charge in [0.1, 0.15) is 11.5 Å². The molecule has 1 aromatic carbocycles. The number of ether oxygens (including phenoxy) is 1. The molecule has 92 valence electrons. The maximum absolute atomic E-state index is 11.6. The molecular weight excluding hydrogens is 260 g/mol. The molecule has 18 heavy (non-hydrogen) atoms. The first kappa shape index (κ1) is 12.0. The predicted molar refractivity (Wildman–Crippen MR) is 59.9 cm³/mol. The Hall–Kier alpha value is -2.48. The first-order valence-corrected chi connectivity index (χ1v) is 5.42. The minimum Gasteiger partial charge on any atom is -0.508 e. The smallest absolute Gasteiger partial charge is 0.366 e. The molecule has 2 rings (SSSR count). The SMILES string of the molecule is O=C(Oc1cccc(O)c1)c1nnsc1C(=O)O. The topological polar surface area (TPSA) is 110 Å². The van der Waals surface area contributed by atoms with Crippen LogP contribution in [0.2, 0.25) is 0 Å². The van der Waals surface area contributed by atoms with Gasteiger partial charge in [0.25, 0.3) is 0 Å². The van der Waals surface area contributed by atoms with E-state index in [1.54, 1.807) is 0 Å². The van der Waals surface area contributed by atoms with Crippen molar-refractivity contribution in [2.24, 2.45) is 0 Å². The van der Waals surface area contributed by atoms with Crippen molar-refractivity contribution in [1.82, 2.24) is 9.59 Å². The third-order valence-electron chi connectivity index (χ3n) is 1.90. The zero-order valence-corrected chi connectivity index (χ0v) is 9.55. The van der Waals surface area contributed by atoms with Crippen molar-refractivity contribution in [1.29, 1.82) is 0 Å². The molecule has 2 N–H and O–H groups in total. The van der Waals surface area contributed by atoms with E-state index in [2.05, 4.69) is 9.59 Å². The van der Waals surface area contributed by atoms with Gasteiger partial charge in [-0.3, -0.25) is 0 Å². The standard InChI is InChI=1S/C10H6N2O5S/c13-5-2-1-3-6(4-5)17-10(16)7-8(9(14)15)18-12-11-7/h1-4,13H,(H,14,15). The number of phenols is 1. The van der Waals surface area contributed by atoms with E-state index in [0.29, 0.717) is 11.5 Å². The second-order valence-corrected chi connectivity index (χ2v) is 3.90. The Morgan fingerprint density at radius 1 is 1.33 bits per heavy atom. The number of phenolic OH excluding ortho intramolecular Hbond substituents is 1. The summed E-state index contributed by atoms with van der Waals surface area (Å²) in [6, 6.07) is 5.55. The monoisotopic (exact) mass is 266 g/mol. The number of hydrogen-bond acceptors (Lipinski definition) is 7. The molecule has 8 heteroatoms. The molecule has 0 bridgehead atoms. The van der Waals surface area contributed by atoms with Gasteiger partial charge in [-0.1, -0.05) is 10.6 Å². The van der Waals surface area contributed by atoms with Crippen molar-refractivity contribution in [2.45, 2.75) is 0 Å². The summed E-state index contributed by atoms with van der Waals surface area (Å²) in [7, 11) is 0. The molecule has 1 heterocycles. The molecule has 0 saturated heterocycles. The Kier molecular flexibility index (Phi) is 3.20. The zero-order chi connectivity index (χ0) is 13.1. The van der Waals surface area contributed by atoms with Crippen LogP contribution >= 0.6 is 11.5 Å². The number of nitrogens with zero attached hydrogens (tertiary/aromatic N) is 2. The van der Waals surface area contributed by atoms with E-state index in [0.717, 1.165) is 0 Å². The van der Waals surface area contributed by atoms with Crippen LogP contribution in [0.1, 0.15) is 20.2 Å². The van der Waals surface area contributed by atoms with E-state index in [1.807, 2.05) is 0 Å². The average molecular weight is 266 g/mol. The van der Waals surface area contributed by atoms with E-state index >= 15 is 0 Å². The van der Waals surface area contributed by atoms with Crippen LogP contribution in [-0.2, 0) is 0 Å². The lowest BCUT2D eigenvalue weighted by molar-refractivity contribution is 0.0669. The molecule has 0 unspecified atom stereocenters. The number of aromatic nitrogens is 2. The van der Waals surface area contributed by atoms with Gasteiger partial charge >= 0.3 is 11.9 Å². The number of rotatable bonds is 3. The largest absolute Gasteiger partial charge is 0.508 e. The number of aromatic hydroxyl groups is 1. The van der Waals surface area contributed by atoms with Crippen LogP contribution in [0.25, 0.3) is 0 Å². The van der Waals surface area contributed by atoms with Gasteiger partial charge in [0.2, 0.25) is 0 Å². The fourth-order valence-electron chi connectivity index (χ4n) is 1.17. The summed E-state index contributed by atoms with van der Waals surface area (Å²) in [5.74, 6) is -2.22. The minimum atomic E-state index is -1.30. The number of esters is 1. The molecule has 0 atom stereocenters. The van der Waals surface area contributed by atoms with E-state index in [9.17, 15) is 14.7 Å². The molecule has 2 aromatic rings. The lowest BCUT2D eigenvalue weighted by Crippen LogP contribution is -2.13. The number of carboxylic acids is 1. The third kappa shape index (κ3) is 2.43. The van der Waals surface area contributed by atoms with E-state index < -0.39 is 11.9 Å². The summed E-state index contributed by atoms with van der Waals surface area (Å²) in [4.78, 5) is 22.1. The van der Waals surface area contributed by atoms with Gasteiger partial charge in [-0.25, -0.2) is 9.59 Å². The van der Waals surface area contributed by atoms with Crippen LogP contribution in [0.5, 0.6) is 11.5 Å². The van der Waals surface area contributed by atoms with Crippen molar-refractivity contribution in [3.05, 3.63) is 34.8 Å². The Labute approximate surface area is 104 Å². The lowest BCUT2D eigenvalue weighted by atomic mass is 10.3. The van der Waals surface area contributed by atoms with Crippen LogP contribution in [0.3, 0.4) is 0 Å². The number of benzene rings is 1. The maximum Gasteiger partial charge on any atom is 0.366 e. The highest BCUT2D eigenvalue weighted by molar-refractivity contribution is 7.08. The molecule has 0 amide bonds. The maximum atomic E-state index is 11.6. The summed E-state index contributed by atoms with van der Waals surface area (Å²) >= 11 is 0.589. The van der Waals surface area contributed by atoms with Crippen molar-refractivity contribution < 1.29 is 24.5 Å². The van der Waals surface area contributed by atoms with E-state index in [4.69, 9.17) is 9.84 Å². The number of aromatic carboxylic acids is 1. The van der Waals surface area contributed by atoms with Crippen LogP contribution in [0.15, 0.2) is 24.3 Å². The number of hydrogen-bond donors (Lipinski definition) is 2. The highest BCUT2D eigenvalue weighted by Gasteiger charge is 2.23. The van der Waals surface area contributed by atoms with Crippen LogP contribution in [0, 0.1) is 0 Å². The van der Waals surface area contributed by atoms with Crippen LogP contribution in [-0.4, -0.2) is 31.7 Å². The van der Waals surface area contributed by atoms with Crippen molar-refractivity contribution in [3.8, 4) is 11.5 Å². The molecule has 1 aromatic heterocycles. The fraction of sp³-hybridized carbons (Fsp3) is 0. The highest BCUT2D eigenvalue weighted by Crippen LogP contribution is 2.20. The average Bonchev–Trinajstić information content (AvgIpc) is 2.77. The van der Waals surface area contributed by atoms with Crippen LogP contribution < -0.4 is 4.74 Å².